The predicted molar refractivity (Wildman–Crippen MR) is 124 cm³/mol. The molecule has 0 amide bonds. The number of hydrogen-bond donors (Lipinski definition) is 2. The van der Waals surface area contributed by atoms with Gasteiger partial charge in [-0.25, -0.2) is 0 Å². The molecule has 6 heteroatoms. The summed E-state index contributed by atoms with van der Waals surface area (Å²) in [5.41, 5.74) is 0. The Bertz CT molecular complexity index is 307. The fraction of sp³-hybridized carbons (Fsp3) is 1.00. The van der Waals surface area contributed by atoms with Gasteiger partial charge in [-0.3, -0.25) is 4.90 Å². The van der Waals surface area contributed by atoms with Gasteiger partial charge in [-0.15, -0.1) is 0 Å². The predicted octanol–water partition coefficient (Wildman–Crippen LogP) is 4.02. The number of hydrogen-bond acceptors (Lipinski definition) is 6. The molecular formula is C24H51NO5. The summed E-state index contributed by atoms with van der Waals surface area (Å²) in [4.78, 5) is 2.44. The fourth-order valence-corrected chi connectivity index (χ4v) is 3.35. The van der Waals surface area contributed by atoms with Crippen molar-refractivity contribution in [3.8, 4) is 0 Å². The lowest BCUT2D eigenvalue weighted by atomic mass is 10.1. The SMILES string of the molecule is CCCCCCCCCCCCN(CCOCCCCO)CCOCCOCCO. The third-order valence-corrected chi connectivity index (χ3v) is 5.24. The number of rotatable bonds is 26. The van der Waals surface area contributed by atoms with E-state index in [1.54, 1.807) is 0 Å². The molecule has 0 rings (SSSR count). The van der Waals surface area contributed by atoms with Crippen LogP contribution in [0.2, 0.25) is 0 Å². The van der Waals surface area contributed by atoms with Gasteiger partial charge in [0, 0.05) is 26.3 Å². The van der Waals surface area contributed by atoms with Crippen LogP contribution in [-0.4, -0.2) is 87.6 Å². The molecule has 0 fully saturated rings. The Labute approximate surface area is 186 Å². The van der Waals surface area contributed by atoms with Crippen LogP contribution >= 0.6 is 0 Å². The topological polar surface area (TPSA) is 71.4 Å². The summed E-state index contributed by atoms with van der Waals surface area (Å²) in [6, 6.07) is 0. The molecule has 30 heavy (non-hydrogen) atoms. The number of nitrogens with zero attached hydrogens (tertiary/aromatic N) is 1. The van der Waals surface area contributed by atoms with Crippen LogP contribution in [-0.2, 0) is 14.2 Å². The first kappa shape index (κ1) is 29.8. The van der Waals surface area contributed by atoms with E-state index in [1.165, 1.54) is 64.2 Å². The van der Waals surface area contributed by atoms with E-state index < -0.39 is 0 Å². The molecule has 0 aromatic heterocycles. The summed E-state index contributed by atoms with van der Waals surface area (Å²) >= 11 is 0. The van der Waals surface area contributed by atoms with Crippen molar-refractivity contribution in [2.24, 2.45) is 0 Å². The molecule has 0 saturated carbocycles. The molecule has 0 heterocycles. The minimum absolute atomic E-state index is 0.0605. The molecule has 0 unspecified atom stereocenters. The van der Waals surface area contributed by atoms with Gasteiger partial charge < -0.3 is 24.4 Å². The smallest absolute Gasteiger partial charge is 0.0701 e. The van der Waals surface area contributed by atoms with E-state index >= 15 is 0 Å². The van der Waals surface area contributed by atoms with E-state index in [-0.39, 0.29) is 13.2 Å². The highest BCUT2D eigenvalue weighted by atomic mass is 16.5. The zero-order chi connectivity index (χ0) is 22.0. The van der Waals surface area contributed by atoms with E-state index in [1.807, 2.05) is 0 Å². The Morgan fingerprint density at radius 2 is 1.00 bits per heavy atom. The molecule has 0 saturated heterocycles. The van der Waals surface area contributed by atoms with Crippen molar-refractivity contribution in [3.63, 3.8) is 0 Å². The molecule has 0 spiro atoms. The highest BCUT2D eigenvalue weighted by molar-refractivity contribution is 4.59. The second-order valence-corrected chi connectivity index (χ2v) is 8.02. The third kappa shape index (κ3) is 24.0. The largest absolute Gasteiger partial charge is 0.396 e. The van der Waals surface area contributed by atoms with Crippen LogP contribution in [0.15, 0.2) is 0 Å². The summed E-state index contributed by atoms with van der Waals surface area (Å²) in [7, 11) is 0. The first-order chi connectivity index (χ1) is 14.8. The normalized spacial score (nSPS) is 11.6. The standard InChI is InChI=1S/C24H51NO5/c1-2-3-4-5-6-7-8-9-10-11-14-25(15-20-28-19-13-12-17-26)16-21-29-23-24-30-22-18-27/h26-27H,2-24H2,1H3. The Kier molecular flexibility index (Phi) is 26.6. The van der Waals surface area contributed by atoms with E-state index in [9.17, 15) is 0 Å². The minimum atomic E-state index is 0.0605. The van der Waals surface area contributed by atoms with E-state index in [2.05, 4.69) is 11.8 Å². The molecule has 0 atom stereocenters. The van der Waals surface area contributed by atoms with Crippen LogP contribution in [0.25, 0.3) is 0 Å². The number of ether oxygens (including phenoxy) is 3. The van der Waals surface area contributed by atoms with Crippen molar-refractivity contribution in [1.29, 1.82) is 0 Å². The van der Waals surface area contributed by atoms with Gasteiger partial charge in [-0.05, 0) is 25.8 Å². The first-order valence-corrected chi connectivity index (χ1v) is 12.5. The number of unbranched alkanes of at least 4 members (excludes halogenated alkanes) is 10. The van der Waals surface area contributed by atoms with Crippen molar-refractivity contribution in [3.05, 3.63) is 0 Å². The molecule has 6 nitrogen and oxygen atoms in total. The summed E-state index contributed by atoms with van der Waals surface area (Å²) in [6.07, 6.45) is 15.3. The maximum atomic E-state index is 8.82. The van der Waals surface area contributed by atoms with Gasteiger partial charge in [-0.1, -0.05) is 64.7 Å². The van der Waals surface area contributed by atoms with Gasteiger partial charge >= 0.3 is 0 Å². The molecule has 0 aliphatic heterocycles. The monoisotopic (exact) mass is 433 g/mol. The van der Waals surface area contributed by atoms with Crippen LogP contribution in [0.5, 0.6) is 0 Å². The Balaban J connectivity index is 3.77. The molecular weight excluding hydrogens is 382 g/mol. The highest BCUT2D eigenvalue weighted by Crippen LogP contribution is 2.10. The molecule has 0 radical (unpaired) electrons. The van der Waals surface area contributed by atoms with E-state index in [4.69, 9.17) is 24.4 Å². The Morgan fingerprint density at radius 3 is 1.57 bits per heavy atom. The summed E-state index contributed by atoms with van der Waals surface area (Å²) in [6.45, 7) is 9.17. The van der Waals surface area contributed by atoms with Crippen LogP contribution in [0.1, 0.15) is 84.0 Å². The van der Waals surface area contributed by atoms with Gasteiger partial charge in [0.05, 0.1) is 39.6 Å². The maximum absolute atomic E-state index is 8.82. The molecule has 0 bridgehead atoms. The lowest BCUT2D eigenvalue weighted by Crippen LogP contribution is -2.32. The van der Waals surface area contributed by atoms with Crippen LogP contribution in [0, 0.1) is 0 Å². The van der Waals surface area contributed by atoms with Crippen LogP contribution < -0.4 is 0 Å². The quantitative estimate of drug-likeness (QED) is 0.201. The average molecular weight is 434 g/mol. The van der Waals surface area contributed by atoms with Gasteiger partial charge in [-0.2, -0.15) is 0 Å². The zero-order valence-corrected chi connectivity index (χ0v) is 19.8. The van der Waals surface area contributed by atoms with Gasteiger partial charge in [0.1, 0.15) is 0 Å². The van der Waals surface area contributed by atoms with Gasteiger partial charge in [0.15, 0.2) is 0 Å². The third-order valence-electron chi connectivity index (χ3n) is 5.24. The van der Waals surface area contributed by atoms with Gasteiger partial charge in [0.2, 0.25) is 0 Å². The van der Waals surface area contributed by atoms with Crippen molar-refractivity contribution < 1.29 is 24.4 Å². The highest BCUT2D eigenvalue weighted by Gasteiger charge is 2.05. The average Bonchev–Trinajstić information content (AvgIpc) is 2.76. The number of aliphatic hydroxyl groups excluding tert-OH is 2. The van der Waals surface area contributed by atoms with Crippen LogP contribution in [0.4, 0.5) is 0 Å². The van der Waals surface area contributed by atoms with Gasteiger partial charge in [0.25, 0.3) is 0 Å². The molecule has 0 aromatic carbocycles. The fourth-order valence-electron chi connectivity index (χ4n) is 3.35. The van der Waals surface area contributed by atoms with E-state index in [0.717, 1.165) is 45.7 Å². The van der Waals surface area contributed by atoms with Crippen molar-refractivity contribution in [1.82, 2.24) is 4.90 Å². The van der Waals surface area contributed by atoms with E-state index in [0.29, 0.717) is 26.4 Å². The molecule has 0 aromatic rings. The van der Waals surface area contributed by atoms with Crippen molar-refractivity contribution in [2.75, 3.05) is 72.5 Å². The molecule has 182 valence electrons. The summed E-state index contributed by atoms with van der Waals surface area (Å²) in [5, 5.41) is 17.5. The lowest BCUT2D eigenvalue weighted by Gasteiger charge is -2.22. The molecule has 0 aliphatic rings. The second kappa shape index (κ2) is 26.8. The molecule has 0 aliphatic carbocycles. The Hall–Kier alpha value is -0.240. The summed E-state index contributed by atoms with van der Waals surface area (Å²) < 4.78 is 16.6. The zero-order valence-electron chi connectivity index (χ0n) is 19.8. The molecule has 2 N–H and O–H groups in total. The lowest BCUT2D eigenvalue weighted by molar-refractivity contribution is 0.0229. The van der Waals surface area contributed by atoms with Crippen molar-refractivity contribution in [2.45, 2.75) is 84.0 Å². The minimum Gasteiger partial charge on any atom is -0.396 e. The maximum Gasteiger partial charge on any atom is 0.0701 e. The summed E-state index contributed by atoms with van der Waals surface area (Å²) in [5.74, 6) is 0. The first-order valence-electron chi connectivity index (χ1n) is 12.5. The van der Waals surface area contributed by atoms with Crippen LogP contribution in [0.3, 0.4) is 0 Å². The number of aliphatic hydroxyl groups is 2. The van der Waals surface area contributed by atoms with Crippen molar-refractivity contribution >= 4 is 0 Å². The second-order valence-electron chi connectivity index (χ2n) is 8.02. The Morgan fingerprint density at radius 1 is 0.467 bits per heavy atom.